The van der Waals surface area contributed by atoms with Crippen molar-refractivity contribution < 1.29 is 24.8 Å². The van der Waals surface area contributed by atoms with Crippen molar-refractivity contribution in [3.05, 3.63) is 12.2 Å². The monoisotopic (exact) mass is 325 g/mol. The topological polar surface area (TPSA) is 91.2 Å². The Morgan fingerprint density at radius 1 is 1.24 bits per heavy atom. The first-order valence-electron chi connectivity index (χ1n) is 7.13. The van der Waals surface area contributed by atoms with Crippen LogP contribution in [0.2, 0.25) is 0 Å². The van der Waals surface area contributed by atoms with Crippen LogP contribution in [-0.4, -0.2) is 65.7 Å². The van der Waals surface area contributed by atoms with E-state index in [1.165, 1.54) is 0 Å². The molecule has 0 aromatic rings. The molecule has 0 spiro atoms. The summed E-state index contributed by atoms with van der Waals surface area (Å²) in [6, 6.07) is 0. The summed E-state index contributed by atoms with van der Waals surface area (Å²) in [5.41, 5.74) is 0.964. The number of nitrogens with one attached hydrogen (secondary N) is 1. The summed E-state index contributed by atoms with van der Waals surface area (Å²) in [6.45, 7) is 9.10. The molecule has 0 aromatic carbocycles. The zero-order valence-electron chi connectivity index (χ0n) is 12.7. The van der Waals surface area contributed by atoms with Crippen LogP contribution in [0.3, 0.4) is 0 Å². The van der Waals surface area contributed by atoms with Crippen LogP contribution in [0, 0.1) is 0 Å². The van der Waals surface area contributed by atoms with Gasteiger partial charge in [0.2, 0.25) is 0 Å². The van der Waals surface area contributed by atoms with E-state index in [9.17, 15) is 15.3 Å². The first-order chi connectivity index (χ1) is 9.47. The average molecular weight is 326 g/mol. The highest BCUT2D eigenvalue weighted by Crippen LogP contribution is 2.22. The van der Waals surface area contributed by atoms with E-state index >= 15 is 0 Å². The van der Waals surface area contributed by atoms with E-state index in [1.807, 2.05) is 13.8 Å². The molecule has 1 rings (SSSR count). The lowest BCUT2D eigenvalue weighted by Crippen LogP contribution is -2.60. The lowest BCUT2D eigenvalue weighted by molar-refractivity contribution is -0.295. The van der Waals surface area contributed by atoms with E-state index in [0.29, 0.717) is 19.7 Å². The zero-order chi connectivity index (χ0) is 15.1. The molecule has 6 nitrogen and oxygen atoms in total. The van der Waals surface area contributed by atoms with Gasteiger partial charge in [-0.1, -0.05) is 25.5 Å². The first kappa shape index (κ1) is 20.8. The molecule has 7 heteroatoms. The number of hydrogen-bond donors (Lipinski definition) is 4. The van der Waals surface area contributed by atoms with Gasteiger partial charge in [0, 0.05) is 19.7 Å². The number of ether oxygens (including phenoxy) is 2. The van der Waals surface area contributed by atoms with Gasteiger partial charge in [0.1, 0.15) is 24.4 Å². The number of halogens is 1. The van der Waals surface area contributed by atoms with Gasteiger partial charge in [-0.2, -0.15) is 0 Å². The minimum Gasteiger partial charge on any atom is -0.388 e. The van der Waals surface area contributed by atoms with E-state index in [1.54, 1.807) is 0 Å². The SMILES string of the molecule is C=C(C)CNC[C@H]1O[C@H](OCCCC)[C@H](O)[C@@H](O)[C@@H]1O.Cl. The Hall–Kier alpha value is -0.210. The molecule has 0 bridgehead atoms. The molecule has 0 saturated carbocycles. The largest absolute Gasteiger partial charge is 0.388 e. The smallest absolute Gasteiger partial charge is 0.186 e. The second kappa shape index (κ2) is 10.5. The molecular weight excluding hydrogens is 298 g/mol. The molecule has 1 aliphatic heterocycles. The summed E-state index contributed by atoms with van der Waals surface area (Å²) in [4.78, 5) is 0. The summed E-state index contributed by atoms with van der Waals surface area (Å²) in [6.07, 6.45) is -3.36. The maximum atomic E-state index is 9.91. The maximum absolute atomic E-state index is 9.91. The minimum absolute atomic E-state index is 0. The summed E-state index contributed by atoms with van der Waals surface area (Å²) in [7, 11) is 0. The number of unbranched alkanes of at least 4 members (excludes halogenated alkanes) is 1. The van der Waals surface area contributed by atoms with Crippen molar-refractivity contribution in [2.24, 2.45) is 0 Å². The Balaban J connectivity index is 0.00000400. The van der Waals surface area contributed by atoms with Crippen LogP contribution in [0.1, 0.15) is 26.7 Å². The van der Waals surface area contributed by atoms with E-state index in [-0.39, 0.29) is 12.4 Å². The molecule has 0 radical (unpaired) electrons. The van der Waals surface area contributed by atoms with Crippen LogP contribution in [0.5, 0.6) is 0 Å². The van der Waals surface area contributed by atoms with E-state index in [4.69, 9.17) is 9.47 Å². The summed E-state index contributed by atoms with van der Waals surface area (Å²) >= 11 is 0. The third kappa shape index (κ3) is 6.61. The van der Waals surface area contributed by atoms with Crippen LogP contribution in [0.25, 0.3) is 0 Å². The summed E-state index contributed by atoms with van der Waals surface area (Å²) < 4.78 is 11.0. The molecule has 0 amide bonds. The highest BCUT2D eigenvalue weighted by molar-refractivity contribution is 5.85. The number of aliphatic hydroxyl groups excluding tert-OH is 3. The molecule has 21 heavy (non-hydrogen) atoms. The second-order valence-electron chi connectivity index (χ2n) is 5.33. The van der Waals surface area contributed by atoms with E-state index in [0.717, 1.165) is 18.4 Å². The third-order valence-corrected chi connectivity index (χ3v) is 3.22. The Morgan fingerprint density at radius 3 is 2.48 bits per heavy atom. The molecule has 1 fully saturated rings. The van der Waals surface area contributed by atoms with Crippen molar-refractivity contribution in [1.29, 1.82) is 0 Å². The normalized spacial score (nSPS) is 32.5. The number of rotatable bonds is 8. The highest BCUT2D eigenvalue weighted by atomic mass is 35.5. The molecule has 1 aliphatic rings. The lowest BCUT2D eigenvalue weighted by atomic mass is 9.99. The predicted octanol–water partition coefficient (Wildman–Crippen LogP) is 0.198. The molecule has 1 heterocycles. The second-order valence-corrected chi connectivity index (χ2v) is 5.33. The zero-order valence-corrected chi connectivity index (χ0v) is 13.5. The van der Waals surface area contributed by atoms with Gasteiger partial charge in [-0.15, -0.1) is 12.4 Å². The van der Waals surface area contributed by atoms with Gasteiger partial charge in [0.25, 0.3) is 0 Å². The van der Waals surface area contributed by atoms with Crippen LogP contribution in [0.15, 0.2) is 12.2 Å². The van der Waals surface area contributed by atoms with Crippen LogP contribution >= 0.6 is 12.4 Å². The quantitative estimate of drug-likeness (QED) is 0.376. The van der Waals surface area contributed by atoms with Gasteiger partial charge >= 0.3 is 0 Å². The molecule has 0 aromatic heterocycles. The third-order valence-electron chi connectivity index (χ3n) is 3.22. The van der Waals surface area contributed by atoms with Crippen LogP contribution in [-0.2, 0) is 9.47 Å². The van der Waals surface area contributed by atoms with Gasteiger partial charge in [-0.05, 0) is 13.3 Å². The van der Waals surface area contributed by atoms with Crippen molar-refractivity contribution in [2.75, 3.05) is 19.7 Å². The van der Waals surface area contributed by atoms with Crippen molar-refractivity contribution in [3.63, 3.8) is 0 Å². The molecule has 0 aliphatic carbocycles. The molecule has 4 N–H and O–H groups in total. The maximum Gasteiger partial charge on any atom is 0.186 e. The summed E-state index contributed by atoms with van der Waals surface area (Å²) in [5, 5.41) is 32.7. The van der Waals surface area contributed by atoms with E-state index < -0.39 is 30.7 Å². The van der Waals surface area contributed by atoms with Crippen molar-refractivity contribution in [1.82, 2.24) is 5.32 Å². The minimum atomic E-state index is -1.27. The van der Waals surface area contributed by atoms with Crippen molar-refractivity contribution in [3.8, 4) is 0 Å². The Bertz CT molecular complexity index is 305. The number of hydrogen-bond acceptors (Lipinski definition) is 6. The van der Waals surface area contributed by atoms with Gasteiger partial charge in [0.15, 0.2) is 6.29 Å². The number of aliphatic hydroxyl groups is 3. The summed E-state index contributed by atoms with van der Waals surface area (Å²) in [5.74, 6) is 0. The molecule has 5 atom stereocenters. The molecular formula is C14H28ClNO5. The van der Waals surface area contributed by atoms with Crippen molar-refractivity contribution in [2.45, 2.75) is 57.4 Å². The van der Waals surface area contributed by atoms with Crippen LogP contribution in [0.4, 0.5) is 0 Å². The Morgan fingerprint density at radius 2 is 1.90 bits per heavy atom. The van der Waals surface area contributed by atoms with Crippen molar-refractivity contribution >= 4 is 12.4 Å². The Labute approximate surface area is 132 Å². The van der Waals surface area contributed by atoms with Gasteiger partial charge in [-0.3, -0.25) is 0 Å². The predicted molar refractivity (Wildman–Crippen MR) is 82.5 cm³/mol. The molecule has 0 unspecified atom stereocenters. The molecule has 126 valence electrons. The molecule has 1 saturated heterocycles. The standard InChI is InChI=1S/C14H27NO5.ClH/c1-4-5-6-19-14-13(18)12(17)11(16)10(20-14)8-15-7-9(2)3;/h10-18H,2,4-8H2,1,3H3;1H/t10-,11-,12+,13-,14+;/m1./s1. The van der Waals surface area contributed by atoms with Gasteiger partial charge < -0.3 is 30.1 Å². The van der Waals surface area contributed by atoms with Gasteiger partial charge in [0.05, 0.1) is 0 Å². The fraction of sp³-hybridized carbons (Fsp3) is 0.857. The van der Waals surface area contributed by atoms with Crippen LogP contribution < -0.4 is 5.32 Å². The Kier molecular flexibility index (Phi) is 10.4. The average Bonchev–Trinajstić information content (AvgIpc) is 2.40. The highest BCUT2D eigenvalue weighted by Gasteiger charge is 2.43. The fourth-order valence-electron chi connectivity index (χ4n) is 1.99. The van der Waals surface area contributed by atoms with E-state index in [2.05, 4.69) is 11.9 Å². The fourth-order valence-corrected chi connectivity index (χ4v) is 1.99. The van der Waals surface area contributed by atoms with Gasteiger partial charge in [-0.25, -0.2) is 0 Å². The first-order valence-corrected chi connectivity index (χ1v) is 7.13. The lowest BCUT2D eigenvalue weighted by Gasteiger charge is -2.40.